The lowest BCUT2D eigenvalue weighted by Crippen LogP contribution is -2.30. The molecule has 66 heavy (non-hydrogen) atoms. The fraction of sp³-hybridized carbons (Fsp3) is 0.683. The molecule has 0 bridgehead atoms. The normalized spacial score (nSPS) is 12.8. The van der Waals surface area contributed by atoms with Crippen LogP contribution in [0.15, 0.2) is 97.2 Å². The van der Waals surface area contributed by atoms with Crippen molar-refractivity contribution >= 4 is 17.9 Å². The number of rotatable bonds is 48. The molecule has 0 aliphatic heterocycles. The number of ether oxygens (including phenoxy) is 3. The van der Waals surface area contributed by atoms with E-state index in [-0.39, 0.29) is 37.5 Å². The van der Waals surface area contributed by atoms with Gasteiger partial charge in [-0.1, -0.05) is 214 Å². The summed E-state index contributed by atoms with van der Waals surface area (Å²) in [7, 11) is 0. The third-order valence-electron chi connectivity index (χ3n) is 11.3. The number of unbranched alkanes of at least 4 members (excludes halogenated alkanes) is 21. The molecule has 6 heteroatoms. The molecule has 0 spiro atoms. The van der Waals surface area contributed by atoms with Crippen LogP contribution in [0.4, 0.5) is 0 Å². The van der Waals surface area contributed by atoms with Gasteiger partial charge < -0.3 is 14.2 Å². The van der Waals surface area contributed by atoms with Gasteiger partial charge in [0, 0.05) is 19.3 Å². The highest BCUT2D eigenvalue weighted by molar-refractivity contribution is 5.71. The molecule has 0 N–H and O–H groups in total. The van der Waals surface area contributed by atoms with Crippen LogP contribution < -0.4 is 0 Å². The first-order valence-electron chi connectivity index (χ1n) is 27.2. The molecule has 0 aliphatic rings. The predicted molar refractivity (Wildman–Crippen MR) is 284 cm³/mol. The lowest BCUT2D eigenvalue weighted by atomic mass is 10.1. The van der Waals surface area contributed by atoms with Crippen molar-refractivity contribution in [1.82, 2.24) is 0 Å². The molecule has 0 aliphatic carbocycles. The molecule has 0 aromatic heterocycles. The summed E-state index contributed by atoms with van der Waals surface area (Å²) >= 11 is 0. The van der Waals surface area contributed by atoms with E-state index in [0.717, 1.165) is 109 Å². The fourth-order valence-electron chi connectivity index (χ4n) is 7.27. The first-order chi connectivity index (χ1) is 32.5. The maximum Gasteiger partial charge on any atom is 0.306 e. The van der Waals surface area contributed by atoms with Crippen LogP contribution in [-0.4, -0.2) is 37.2 Å². The van der Waals surface area contributed by atoms with Gasteiger partial charge in [0.05, 0.1) is 0 Å². The number of hydrogen-bond donors (Lipinski definition) is 0. The largest absolute Gasteiger partial charge is 0.462 e. The van der Waals surface area contributed by atoms with E-state index >= 15 is 0 Å². The summed E-state index contributed by atoms with van der Waals surface area (Å²) in [6, 6.07) is 0. The van der Waals surface area contributed by atoms with E-state index < -0.39 is 6.10 Å². The van der Waals surface area contributed by atoms with E-state index in [4.69, 9.17) is 14.2 Å². The van der Waals surface area contributed by atoms with Crippen molar-refractivity contribution in [3.05, 3.63) is 97.2 Å². The minimum absolute atomic E-state index is 0.106. The summed E-state index contributed by atoms with van der Waals surface area (Å²) in [5.41, 5.74) is 0. The SMILES string of the molecule is CC/C=C\C/C=C\C/C=C\CCCCCCCCCCCC(=O)OCC(COC(=O)CCCCCCC/C=C\C/C=C\CC)OC(=O)CCC/C=C\C/C=C\C/C=C\CCCCCCCC. The van der Waals surface area contributed by atoms with Crippen molar-refractivity contribution in [1.29, 1.82) is 0 Å². The van der Waals surface area contributed by atoms with Gasteiger partial charge in [0.2, 0.25) is 0 Å². The Labute approximate surface area is 407 Å². The number of carbonyl (C=O) groups excluding carboxylic acids is 3. The average Bonchev–Trinajstić information content (AvgIpc) is 3.31. The Balaban J connectivity index is 4.45. The minimum Gasteiger partial charge on any atom is -0.462 e. The molecule has 0 heterocycles. The minimum atomic E-state index is -0.812. The van der Waals surface area contributed by atoms with Gasteiger partial charge in [-0.3, -0.25) is 14.4 Å². The molecule has 0 saturated heterocycles. The molecular formula is C60H100O6. The standard InChI is InChI=1S/C60H100O6/c1-4-7-10-13-16-19-22-25-27-29-30-32-33-35-38-41-44-47-50-53-59(62)65-56-57(55-64-58(61)52-49-46-43-40-37-24-21-18-15-12-9-6-3)66-60(63)54-51-48-45-42-39-36-34-31-28-26-23-20-17-14-11-8-5-2/h7,9-10,12,16,18-19,21,25-28,34,36,42,45,57H,4-6,8,11,13-15,17,20,22-24,29-33,35,37-41,43-44,46-56H2,1-3H3/b10-7-,12-9-,19-16-,21-18-,27-25-,28-26-,36-34-,45-42-. The molecule has 0 fully saturated rings. The lowest BCUT2D eigenvalue weighted by molar-refractivity contribution is -0.167. The summed E-state index contributed by atoms with van der Waals surface area (Å²) in [5.74, 6) is -0.980. The van der Waals surface area contributed by atoms with E-state index in [1.54, 1.807) is 0 Å². The summed E-state index contributed by atoms with van der Waals surface area (Å²) in [6.45, 7) is 6.35. The average molecular weight is 917 g/mol. The van der Waals surface area contributed by atoms with Crippen LogP contribution in [0.3, 0.4) is 0 Å². The maximum atomic E-state index is 12.8. The third-order valence-corrected chi connectivity index (χ3v) is 11.3. The first-order valence-corrected chi connectivity index (χ1v) is 27.2. The summed E-state index contributed by atoms with van der Waals surface area (Å²) in [5, 5.41) is 0. The molecule has 0 radical (unpaired) electrons. The Morgan fingerprint density at radius 1 is 0.318 bits per heavy atom. The highest BCUT2D eigenvalue weighted by Crippen LogP contribution is 2.14. The van der Waals surface area contributed by atoms with E-state index in [1.165, 1.54) is 89.9 Å². The third kappa shape index (κ3) is 51.3. The summed E-state index contributed by atoms with van der Waals surface area (Å²) in [6.07, 6.45) is 71.2. The van der Waals surface area contributed by atoms with E-state index in [1.807, 2.05) is 0 Å². The zero-order valence-corrected chi connectivity index (χ0v) is 42.9. The number of esters is 3. The number of allylic oxidation sites excluding steroid dienone is 16. The topological polar surface area (TPSA) is 78.9 Å². The smallest absolute Gasteiger partial charge is 0.306 e. The van der Waals surface area contributed by atoms with Gasteiger partial charge in [0.25, 0.3) is 0 Å². The Hall–Kier alpha value is -3.67. The van der Waals surface area contributed by atoms with Crippen LogP contribution in [0.1, 0.15) is 245 Å². The molecule has 1 atom stereocenters. The van der Waals surface area contributed by atoms with E-state index in [0.29, 0.717) is 19.3 Å². The number of hydrogen-bond acceptors (Lipinski definition) is 6. The van der Waals surface area contributed by atoms with Gasteiger partial charge in [-0.15, -0.1) is 0 Å². The van der Waals surface area contributed by atoms with Crippen molar-refractivity contribution in [3.8, 4) is 0 Å². The van der Waals surface area contributed by atoms with Gasteiger partial charge in [0.1, 0.15) is 13.2 Å². The quantitative estimate of drug-likeness (QED) is 0.0262. The molecule has 1 unspecified atom stereocenters. The Bertz CT molecular complexity index is 1330. The molecule has 6 nitrogen and oxygen atoms in total. The monoisotopic (exact) mass is 917 g/mol. The van der Waals surface area contributed by atoms with Gasteiger partial charge >= 0.3 is 17.9 Å². The van der Waals surface area contributed by atoms with Gasteiger partial charge in [-0.25, -0.2) is 0 Å². The van der Waals surface area contributed by atoms with E-state index in [9.17, 15) is 14.4 Å². The summed E-state index contributed by atoms with van der Waals surface area (Å²) < 4.78 is 16.8. The first kappa shape index (κ1) is 62.3. The van der Waals surface area contributed by atoms with Crippen LogP contribution in [0.2, 0.25) is 0 Å². The van der Waals surface area contributed by atoms with Gasteiger partial charge in [-0.05, 0) is 109 Å². The lowest BCUT2D eigenvalue weighted by Gasteiger charge is -2.18. The highest BCUT2D eigenvalue weighted by Gasteiger charge is 2.19. The molecular weight excluding hydrogens is 817 g/mol. The Morgan fingerprint density at radius 2 is 0.606 bits per heavy atom. The number of carbonyl (C=O) groups is 3. The Kier molecular flexibility index (Phi) is 50.9. The second kappa shape index (κ2) is 53.9. The second-order valence-corrected chi connectivity index (χ2v) is 17.7. The predicted octanol–water partition coefficient (Wildman–Crippen LogP) is 18.1. The maximum absolute atomic E-state index is 12.8. The molecule has 0 aromatic rings. The molecule has 0 rings (SSSR count). The van der Waals surface area contributed by atoms with E-state index in [2.05, 4.69) is 118 Å². The van der Waals surface area contributed by atoms with Crippen LogP contribution in [0.25, 0.3) is 0 Å². The van der Waals surface area contributed by atoms with Crippen molar-refractivity contribution in [2.75, 3.05) is 13.2 Å². The fourth-order valence-corrected chi connectivity index (χ4v) is 7.27. The van der Waals surface area contributed by atoms with Crippen molar-refractivity contribution < 1.29 is 28.6 Å². The van der Waals surface area contributed by atoms with Gasteiger partial charge in [0.15, 0.2) is 6.10 Å². The summed E-state index contributed by atoms with van der Waals surface area (Å²) in [4.78, 5) is 38.0. The van der Waals surface area contributed by atoms with Crippen LogP contribution >= 0.6 is 0 Å². The molecule has 0 amide bonds. The second-order valence-electron chi connectivity index (χ2n) is 17.7. The zero-order chi connectivity index (χ0) is 47.9. The molecule has 376 valence electrons. The molecule has 0 saturated carbocycles. The van der Waals surface area contributed by atoms with Crippen LogP contribution in [0, 0.1) is 0 Å². The molecule has 0 aromatic carbocycles. The Morgan fingerprint density at radius 3 is 0.970 bits per heavy atom. The van der Waals surface area contributed by atoms with Crippen molar-refractivity contribution in [3.63, 3.8) is 0 Å². The zero-order valence-electron chi connectivity index (χ0n) is 42.9. The van der Waals surface area contributed by atoms with Gasteiger partial charge in [-0.2, -0.15) is 0 Å². The van der Waals surface area contributed by atoms with Crippen molar-refractivity contribution in [2.45, 2.75) is 252 Å². The van der Waals surface area contributed by atoms with Crippen LogP contribution in [0.5, 0.6) is 0 Å². The highest BCUT2D eigenvalue weighted by atomic mass is 16.6. The van der Waals surface area contributed by atoms with Crippen LogP contribution in [-0.2, 0) is 28.6 Å². The van der Waals surface area contributed by atoms with Crippen molar-refractivity contribution in [2.24, 2.45) is 0 Å².